The van der Waals surface area contributed by atoms with E-state index in [2.05, 4.69) is 25.3 Å². The largest absolute Gasteiger partial charge is 0.378 e. The highest BCUT2D eigenvalue weighted by Crippen LogP contribution is 2.09. The molecule has 0 aromatic heterocycles. The summed E-state index contributed by atoms with van der Waals surface area (Å²) >= 11 is 0. The number of hydrogen-bond acceptors (Lipinski definition) is 3. The van der Waals surface area contributed by atoms with Crippen molar-refractivity contribution in [3.63, 3.8) is 0 Å². The van der Waals surface area contributed by atoms with Crippen molar-refractivity contribution in [2.75, 3.05) is 39.4 Å². The molecule has 1 aliphatic heterocycles. The topological polar surface area (TPSA) is 32.8 Å². The number of likely N-dealkylation sites (N-methyl/N-ethyl adjacent to an activating group) is 1. The quantitative estimate of drug-likeness (QED) is 0.705. The molecule has 1 aliphatic rings. The fraction of sp³-hybridized carbons (Fsp3) is 0.769. The first kappa shape index (κ1) is 14.0. The summed E-state index contributed by atoms with van der Waals surface area (Å²) in [5.41, 5.74) is 1.07. The van der Waals surface area contributed by atoms with Gasteiger partial charge >= 0.3 is 0 Å². The Balaban J connectivity index is 2.43. The zero-order chi connectivity index (χ0) is 12.7. The minimum atomic E-state index is 0.187. The summed E-state index contributed by atoms with van der Waals surface area (Å²) in [6.07, 6.45) is 2.03. The number of nitrogens with zero attached hydrogens (tertiary/aromatic N) is 2. The molecule has 1 heterocycles. The number of carbonyl (C=O) groups excluding carboxylic acids is 1. The molecular formula is C13H24N2O2. The smallest absolute Gasteiger partial charge is 0.242 e. The van der Waals surface area contributed by atoms with E-state index in [0.717, 1.165) is 38.2 Å². The van der Waals surface area contributed by atoms with Crippen LogP contribution in [0.4, 0.5) is 0 Å². The number of hydrogen-bond donors (Lipinski definition) is 0. The van der Waals surface area contributed by atoms with Crippen molar-refractivity contribution in [3.8, 4) is 0 Å². The molecule has 0 aliphatic carbocycles. The Morgan fingerprint density at radius 2 is 2.00 bits per heavy atom. The maximum absolute atomic E-state index is 12.1. The van der Waals surface area contributed by atoms with Crippen LogP contribution in [-0.4, -0.2) is 55.1 Å². The summed E-state index contributed by atoms with van der Waals surface area (Å²) in [7, 11) is 0. The number of rotatable bonds is 6. The molecule has 1 amide bonds. The molecule has 0 radical (unpaired) electrons. The Hall–Kier alpha value is -1.03. The van der Waals surface area contributed by atoms with Crippen molar-refractivity contribution >= 4 is 5.91 Å². The lowest BCUT2D eigenvalue weighted by Gasteiger charge is -2.31. The van der Waals surface area contributed by atoms with Gasteiger partial charge in [-0.05, 0) is 13.3 Å². The first-order chi connectivity index (χ1) is 8.19. The van der Waals surface area contributed by atoms with Crippen molar-refractivity contribution in [1.29, 1.82) is 0 Å². The first-order valence-corrected chi connectivity index (χ1v) is 6.47. The molecule has 0 aromatic carbocycles. The second-order valence-corrected chi connectivity index (χ2v) is 4.32. The van der Waals surface area contributed by atoms with Crippen molar-refractivity contribution in [1.82, 2.24) is 9.80 Å². The molecule has 1 fully saturated rings. The predicted molar refractivity (Wildman–Crippen MR) is 68.7 cm³/mol. The summed E-state index contributed by atoms with van der Waals surface area (Å²) in [6, 6.07) is 0. The molecule has 0 saturated carbocycles. The fourth-order valence-corrected chi connectivity index (χ4v) is 1.97. The van der Waals surface area contributed by atoms with Crippen molar-refractivity contribution in [3.05, 3.63) is 12.3 Å². The van der Waals surface area contributed by atoms with Crippen LogP contribution in [0.1, 0.15) is 26.7 Å². The molecule has 1 saturated heterocycles. The van der Waals surface area contributed by atoms with Gasteiger partial charge in [-0.2, -0.15) is 0 Å². The molecule has 4 nitrogen and oxygen atoms in total. The number of morpholine rings is 1. The van der Waals surface area contributed by atoms with Crippen molar-refractivity contribution in [2.24, 2.45) is 0 Å². The Morgan fingerprint density at radius 1 is 1.35 bits per heavy atom. The van der Waals surface area contributed by atoms with E-state index in [1.807, 2.05) is 4.90 Å². The van der Waals surface area contributed by atoms with Gasteiger partial charge in [-0.1, -0.05) is 19.9 Å². The fourth-order valence-electron chi connectivity index (χ4n) is 1.97. The Kier molecular flexibility index (Phi) is 6.05. The second-order valence-electron chi connectivity index (χ2n) is 4.32. The summed E-state index contributed by atoms with van der Waals surface area (Å²) in [6.45, 7) is 12.3. The van der Waals surface area contributed by atoms with Crippen LogP contribution in [0.5, 0.6) is 0 Å². The Bertz CT molecular complexity index is 260. The molecular weight excluding hydrogens is 216 g/mol. The highest BCUT2D eigenvalue weighted by Gasteiger charge is 2.19. The van der Waals surface area contributed by atoms with Crippen LogP contribution in [0, 0.1) is 0 Å². The minimum absolute atomic E-state index is 0.187. The molecule has 0 atom stereocenters. The van der Waals surface area contributed by atoms with Crippen LogP contribution in [0.15, 0.2) is 12.3 Å². The molecule has 0 bridgehead atoms. The molecule has 1 rings (SSSR count). The molecule has 4 heteroatoms. The molecule has 17 heavy (non-hydrogen) atoms. The third kappa shape index (κ3) is 4.38. The lowest BCUT2D eigenvalue weighted by atomic mass is 10.2. The summed E-state index contributed by atoms with van der Waals surface area (Å²) in [4.78, 5) is 16.0. The van der Waals surface area contributed by atoms with E-state index >= 15 is 0 Å². The van der Waals surface area contributed by atoms with Crippen LogP contribution < -0.4 is 0 Å². The van der Waals surface area contributed by atoms with Gasteiger partial charge in [0.1, 0.15) is 0 Å². The van der Waals surface area contributed by atoms with E-state index in [0.29, 0.717) is 19.8 Å². The Labute approximate surface area is 104 Å². The maximum atomic E-state index is 12.1. The standard InChI is InChI=1S/C13H24N2O2/c1-4-6-12(3)14(5-2)11-13(16)15-7-9-17-10-8-15/h3-11H2,1-2H3. The Morgan fingerprint density at radius 3 is 2.53 bits per heavy atom. The molecule has 0 spiro atoms. The van der Waals surface area contributed by atoms with E-state index in [-0.39, 0.29) is 5.91 Å². The van der Waals surface area contributed by atoms with Crippen LogP contribution in [0.25, 0.3) is 0 Å². The van der Waals surface area contributed by atoms with E-state index in [1.54, 1.807) is 0 Å². The van der Waals surface area contributed by atoms with Gasteiger partial charge in [0.05, 0.1) is 19.8 Å². The summed E-state index contributed by atoms with van der Waals surface area (Å²) in [5.74, 6) is 0.187. The average molecular weight is 240 g/mol. The zero-order valence-corrected chi connectivity index (χ0v) is 11.1. The van der Waals surface area contributed by atoms with Gasteiger partial charge in [0, 0.05) is 25.3 Å². The summed E-state index contributed by atoms with van der Waals surface area (Å²) in [5, 5.41) is 0. The second kappa shape index (κ2) is 7.33. The highest BCUT2D eigenvalue weighted by molar-refractivity contribution is 5.78. The molecule has 0 unspecified atom stereocenters. The lowest BCUT2D eigenvalue weighted by Crippen LogP contribution is -2.45. The van der Waals surface area contributed by atoms with Crippen LogP contribution >= 0.6 is 0 Å². The van der Waals surface area contributed by atoms with Gasteiger partial charge in [0.25, 0.3) is 0 Å². The van der Waals surface area contributed by atoms with Gasteiger partial charge in [0.15, 0.2) is 0 Å². The lowest BCUT2D eigenvalue weighted by molar-refractivity contribution is -0.136. The third-order valence-corrected chi connectivity index (χ3v) is 3.06. The van der Waals surface area contributed by atoms with Gasteiger partial charge < -0.3 is 14.5 Å². The first-order valence-electron chi connectivity index (χ1n) is 6.47. The van der Waals surface area contributed by atoms with E-state index < -0.39 is 0 Å². The van der Waals surface area contributed by atoms with Crippen molar-refractivity contribution in [2.45, 2.75) is 26.7 Å². The van der Waals surface area contributed by atoms with E-state index in [1.165, 1.54) is 0 Å². The monoisotopic (exact) mass is 240 g/mol. The summed E-state index contributed by atoms with van der Waals surface area (Å²) < 4.78 is 5.24. The number of amides is 1. The van der Waals surface area contributed by atoms with E-state index in [4.69, 9.17) is 4.74 Å². The normalized spacial score (nSPS) is 15.8. The SMILES string of the molecule is C=C(CCC)N(CC)CC(=O)N1CCOCC1. The highest BCUT2D eigenvalue weighted by atomic mass is 16.5. The zero-order valence-electron chi connectivity index (χ0n) is 11.1. The minimum Gasteiger partial charge on any atom is -0.378 e. The van der Waals surface area contributed by atoms with E-state index in [9.17, 15) is 4.79 Å². The maximum Gasteiger partial charge on any atom is 0.242 e. The average Bonchev–Trinajstić information content (AvgIpc) is 2.37. The van der Waals surface area contributed by atoms with Crippen LogP contribution in [0.2, 0.25) is 0 Å². The molecule has 0 aromatic rings. The molecule has 0 N–H and O–H groups in total. The number of allylic oxidation sites excluding steroid dienone is 1. The van der Waals surface area contributed by atoms with Crippen molar-refractivity contribution < 1.29 is 9.53 Å². The van der Waals surface area contributed by atoms with Crippen LogP contribution in [0.3, 0.4) is 0 Å². The number of ether oxygens (including phenoxy) is 1. The van der Waals surface area contributed by atoms with Gasteiger partial charge in [-0.25, -0.2) is 0 Å². The van der Waals surface area contributed by atoms with Gasteiger partial charge in [-0.3, -0.25) is 4.79 Å². The molecule has 98 valence electrons. The third-order valence-electron chi connectivity index (χ3n) is 3.06. The number of carbonyl (C=O) groups is 1. The van der Waals surface area contributed by atoms with Gasteiger partial charge in [0.2, 0.25) is 5.91 Å². The van der Waals surface area contributed by atoms with Crippen LogP contribution in [-0.2, 0) is 9.53 Å². The predicted octanol–water partition coefficient (Wildman–Crippen LogP) is 1.48. The van der Waals surface area contributed by atoms with Gasteiger partial charge in [-0.15, -0.1) is 0 Å².